The van der Waals surface area contributed by atoms with Crippen molar-refractivity contribution in [1.82, 2.24) is 4.90 Å². The second kappa shape index (κ2) is 5.33. The van der Waals surface area contributed by atoms with Crippen LogP contribution < -0.4 is 0 Å². The summed E-state index contributed by atoms with van der Waals surface area (Å²) >= 11 is 0. The minimum absolute atomic E-state index is 0.0404. The first-order valence-corrected chi connectivity index (χ1v) is 7.24. The van der Waals surface area contributed by atoms with Crippen molar-refractivity contribution >= 4 is 5.91 Å². The van der Waals surface area contributed by atoms with Crippen molar-refractivity contribution < 1.29 is 9.90 Å². The Morgan fingerprint density at radius 1 is 1.26 bits per heavy atom. The van der Waals surface area contributed by atoms with Gasteiger partial charge in [-0.15, -0.1) is 0 Å². The number of amides is 1. The van der Waals surface area contributed by atoms with Gasteiger partial charge in [-0.25, -0.2) is 0 Å². The van der Waals surface area contributed by atoms with Crippen molar-refractivity contribution in [2.75, 3.05) is 19.7 Å². The summed E-state index contributed by atoms with van der Waals surface area (Å²) in [6.07, 6.45) is 3.28. The van der Waals surface area contributed by atoms with E-state index in [2.05, 4.69) is 12.1 Å². The molecule has 1 heterocycles. The third-order valence-electron chi connectivity index (χ3n) is 4.37. The maximum absolute atomic E-state index is 12.7. The van der Waals surface area contributed by atoms with E-state index in [1.807, 2.05) is 23.1 Å². The van der Waals surface area contributed by atoms with Gasteiger partial charge in [-0.2, -0.15) is 0 Å². The lowest BCUT2D eigenvalue weighted by Gasteiger charge is -2.24. The molecule has 2 aliphatic rings. The van der Waals surface area contributed by atoms with E-state index in [0.29, 0.717) is 5.92 Å². The van der Waals surface area contributed by atoms with Crippen molar-refractivity contribution in [2.45, 2.75) is 25.2 Å². The Balaban J connectivity index is 1.76. The number of hydrogen-bond acceptors (Lipinski definition) is 2. The molecular weight excluding hydrogens is 238 g/mol. The van der Waals surface area contributed by atoms with Gasteiger partial charge in [-0.1, -0.05) is 30.3 Å². The summed E-state index contributed by atoms with van der Waals surface area (Å²) in [5.74, 6) is 1.12. The number of aliphatic hydroxyl groups excluding tert-OH is 1. The second-order valence-electron chi connectivity index (χ2n) is 5.85. The molecule has 0 aromatic heterocycles. The first-order valence-electron chi connectivity index (χ1n) is 7.24. The molecule has 0 bridgehead atoms. The van der Waals surface area contributed by atoms with Crippen LogP contribution in [-0.2, 0) is 4.79 Å². The van der Waals surface area contributed by atoms with E-state index in [9.17, 15) is 9.90 Å². The molecule has 19 heavy (non-hydrogen) atoms. The number of benzene rings is 1. The summed E-state index contributed by atoms with van der Waals surface area (Å²) in [7, 11) is 0. The van der Waals surface area contributed by atoms with Crippen LogP contribution in [-0.4, -0.2) is 35.6 Å². The predicted octanol–water partition coefficient (Wildman–Crippen LogP) is 2.02. The van der Waals surface area contributed by atoms with Crippen LogP contribution in [0.5, 0.6) is 0 Å². The third kappa shape index (κ3) is 2.66. The van der Waals surface area contributed by atoms with E-state index >= 15 is 0 Å². The van der Waals surface area contributed by atoms with Crippen molar-refractivity contribution in [1.29, 1.82) is 0 Å². The highest BCUT2D eigenvalue weighted by molar-refractivity contribution is 5.84. The molecule has 1 amide bonds. The Morgan fingerprint density at radius 2 is 2.00 bits per heavy atom. The highest BCUT2D eigenvalue weighted by Crippen LogP contribution is 2.44. The SMILES string of the molecule is O=C(C(c1ccccc1)C1CC1)N1CCC(CO)C1. The van der Waals surface area contributed by atoms with Crippen LogP contribution in [0.1, 0.15) is 30.7 Å². The lowest BCUT2D eigenvalue weighted by Crippen LogP contribution is -2.34. The van der Waals surface area contributed by atoms with Crippen LogP contribution in [0.4, 0.5) is 0 Å². The van der Waals surface area contributed by atoms with Gasteiger partial charge in [0.25, 0.3) is 0 Å². The van der Waals surface area contributed by atoms with E-state index < -0.39 is 0 Å². The maximum Gasteiger partial charge on any atom is 0.230 e. The van der Waals surface area contributed by atoms with Crippen molar-refractivity contribution in [3.63, 3.8) is 0 Å². The zero-order valence-electron chi connectivity index (χ0n) is 11.2. The normalized spacial score (nSPS) is 24.5. The molecule has 1 aliphatic carbocycles. The Hall–Kier alpha value is -1.35. The molecule has 3 rings (SSSR count). The Bertz CT molecular complexity index is 441. The number of nitrogens with zero attached hydrogens (tertiary/aromatic N) is 1. The van der Waals surface area contributed by atoms with Crippen LogP contribution >= 0.6 is 0 Å². The number of hydrogen-bond donors (Lipinski definition) is 1. The van der Waals surface area contributed by atoms with E-state index in [0.717, 1.165) is 25.1 Å². The molecule has 2 fully saturated rings. The minimum atomic E-state index is 0.0404. The molecular formula is C16H21NO2. The number of aliphatic hydroxyl groups is 1. The molecule has 1 saturated carbocycles. The Kier molecular flexibility index (Phi) is 3.56. The van der Waals surface area contributed by atoms with E-state index in [1.54, 1.807) is 0 Å². The van der Waals surface area contributed by atoms with Gasteiger partial charge in [-0.05, 0) is 30.7 Å². The fourth-order valence-electron chi connectivity index (χ4n) is 3.08. The number of carbonyl (C=O) groups excluding carboxylic acids is 1. The van der Waals surface area contributed by atoms with E-state index in [4.69, 9.17) is 0 Å². The lowest BCUT2D eigenvalue weighted by molar-refractivity contribution is -0.132. The molecule has 2 atom stereocenters. The standard InChI is InChI=1S/C16H21NO2/c18-11-12-8-9-17(10-12)16(19)15(14-6-7-14)13-4-2-1-3-5-13/h1-5,12,14-15,18H,6-11H2. The molecule has 1 aromatic rings. The first kappa shape index (κ1) is 12.7. The van der Waals surface area contributed by atoms with Crippen molar-refractivity contribution in [3.8, 4) is 0 Å². The third-order valence-corrected chi connectivity index (χ3v) is 4.37. The fraction of sp³-hybridized carbons (Fsp3) is 0.562. The average Bonchev–Trinajstić information content (AvgIpc) is 3.16. The average molecular weight is 259 g/mol. The zero-order chi connectivity index (χ0) is 13.2. The van der Waals surface area contributed by atoms with Gasteiger partial charge in [0.1, 0.15) is 0 Å². The smallest absolute Gasteiger partial charge is 0.230 e. The highest BCUT2D eigenvalue weighted by Gasteiger charge is 2.40. The Morgan fingerprint density at radius 3 is 2.58 bits per heavy atom. The quantitative estimate of drug-likeness (QED) is 0.898. The molecule has 1 N–H and O–H groups in total. The van der Waals surface area contributed by atoms with Crippen molar-refractivity contribution in [2.24, 2.45) is 11.8 Å². The van der Waals surface area contributed by atoms with Crippen LogP contribution in [0.3, 0.4) is 0 Å². The molecule has 1 aromatic carbocycles. The molecule has 1 saturated heterocycles. The zero-order valence-corrected chi connectivity index (χ0v) is 11.2. The second-order valence-corrected chi connectivity index (χ2v) is 5.85. The first-order chi connectivity index (χ1) is 9.29. The number of rotatable bonds is 4. The van der Waals surface area contributed by atoms with E-state index in [1.165, 1.54) is 12.8 Å². The van der Waals surface area contributed by atoms with Gasteiger partial charge < -0.3 is 10.0 Å². The molecule has 0 radical (unpaired) electrons. The summed E-state index contributed by atoms with van der Waals surface area (Å²) in [5, 5.41) is 9.20. The summed E-state index contributed by atoms with van der Waals surface area (Å²) < 4.78 is 0. The van der Waals surface area contributed by atoms with Crippen LogP contribution in [0.2, 0.25) is 0 Å². The minimum Gasteiger partial charge on any atom is -0.396 e. The molecule has 3 heteroatoms. The monoisotopic (exact) mass is 259 g/mol. The molecule has 1 aliphatic heterocycles. The molecule has 3 nitrogen and oxygen atoms in total. The summed E-state index contributed by atoms with van der Waals surface area (Å²) in [5.41, 5.74) is 1.16. The van der Waals surface area contributed by atoms with Crippen molar-refractivity contribution in [3.05, 3.63) is 35.9 Å². The van der Waals surface area contributed by atoms with Gasteiger partial charge in [0.05, 0.1) is 5.92 Å². The van der Waals surface area contributed by atoms with Gasteiger partial charge in [0, 0.05) is 25.6 Å². The number of carbonyl (C=O) groups is 1. The molecule has 0 spiro atoms. The van der Waals surface area contributed by atoms with Crippen LogP contribution in [0, 0.1) is 11.8 Å². The summed E-state index contributed by atoms with van der Waals surface area (Å²) in [6.45, 7) is 1.73. The fourth-order valence-corrected chi connectivity index (χ4v) is 3.08. The van der Waals surface area contributed by atoms with Gasteiger partial charge >= 0.3 is 0 Å². The van der Waals surface area contributed by atoms with Crippen LogP contribution in [0.25, 0.3) is 0 Å². The largest absolute Gasteiger partial charge is 0.396 e. The topological polar surface area (TPSA) is 40.5 Å². The predicted molar refractivity (Wildman–Crippen MR) is 73.7 cm³/mol. The summed E-state index contributed by atoms with van der Waals surface area (Å²) in [4.78, 5) is 14.7. The highest BCUT2D eigenvalue weighted by atomic mass is 16.3. The number of likely N-dealkylation sites (tertiary alicyclic amines) is 1. The van der Waals surface area contributed by atoms with E-state index in [-0.39, 0.29) is 24.3 Å². The Labute approximate surface area is 114 Å². The maximum atomic E-state index is 12.7. The molecule has 102 valence electrons. The lowest BCUT2D eigenvalue weighted by atomic mass is 9.93. The molecule has 2 unspecified atom stereocenters. The van der Waals surface area contributed by atoms with Gasteiger partial charge in [0.2, 0.25) is 5.91 Å². The summed E-state index contributed by atoms with van der Waals surface area (Å²) in [6, 6.07) is 10.2. The van der Waals surface area contributed by atoms with Gasteiger partial charge in [-0.3, -0.25) is 4.79 Å². The van der Waals surface area contributed by atoms with Crippen LogP contribution in [0.15, 0.2) is 30.3 Å². The van der Waals surface area contributed by atoms with Gasteiger partial charge in [0.15, 0.2) is 0 Å².